The van der Waals surface area contributed by atoms with E-state index in [0.717, 1.165) is 26.2 Å². The second kappa shape index (κ2) is 27.1. The summed E-state index contributed by atoms with van der Waals surface area (Å²) in [6, 6.07) is 0. The summed E-state index contributed by atoms with van der Waals surface area (Å²) in [6.07, 6.45) is 10.2. The summed E-state index contributed by atoms with van der Waals surface area (Å²) >= 11 is 0. The van der Waals surface area contributed by atoms with Gasteiger partial charge in [0, 0.05) is 0 Å². The normalized spacial score (nSPS) is 9.47. The molecule has 0 amide bonds. The fourth-order valence-corrected chi connectivity index (χ4v) is 1.30. The van der Waals surface area contributed by atoms with Crippen molar-refractivity contribution in [2.75, 3.05) is 26.2 Å². The zero-order chi connectivity index (χ0) is 13.9. The van der Waals surface area contributed by atoms with Crippen LogP contribution < -0.4 is 0 Å². The Morgan fingerprint density at radius 1 is 0.474 bits per heavy atom. The van der Waals surface area contributed by atoms with Gasteiger partial charge in [0.15, 0.2) is 0 Å². The second-order valence-electron chi connectivity index (χ2n) is 4.76. The maximum atomic E-state index is 4.35. The van der Waals surface area contributed by atoms with Gasteiger partial charge in [-0.25, -0.2) is 0 Å². The van der Waals surface area contributed by atoms with Crippen LogP contribution in [0.5, 0.6) is 0 Å². The molecule has 0 heterocycles. The zero-order valence-electron chi connectivity index (χ0n) is 13.9. The van der Waals surface area contributed by atoms with Gasteiger partial charge in [-0.15, -0.1) is 26.2 Å². The Bertz CT molecular complexity index is 95.3. The molecule has 0 rings (SSSR count). The van der Waals surface area contributed by atoms with Crippen molar-refractivity contribution in [3.05, 3.63) is 10.6 Å². The molecule has 0 radical (unpaired) electrons. The van der Waals surface area contributed by atoms with Crippen molar-refractivity contribution in [3.8, 4) is 0 Å². The fraction of sp³-hybridized carbons (Fsp3) is 1.00. The molecule has 0 bridgehead atoms. The Balaban J connectivity index is -0.000000256. The average molecular weight is 304 g/mol. The largest absolute Gasteiger partial charge is 2.00 e. The quantitative estimate of drug-likeness (QED) is 0.316. The van der Waals surface area contributed by atoms with Crippen LogP contribution in [0.3, 0.4) is 0 Å². The molecule has 0 unspecified atom stereocenters. The van der Waals surface area contributed by atoms with Crippen molar-refractivity contribution < 1.29 is 21.7 Å². The third-order valence-electron chi connectivity index (χ3n) is 2.68. The smallest absolute Gasteiger partial charge is 0.662 e. The Morgan fingerprint density at radius 3 is 0.842 bits per heavy atom. The van der Waals surface area contributed by atoms with Gasteiger partial charge in [0.2, 0.25) is 0 Å². The standard InChI is InChI=1S/2C8H18N.Ti/c2*1-3-5-7-9-8-6-4-2;/h2*3-8H2,1-2H3;/q2*-1;+2. The molecule has 0 N–H and O–H groups in total. The summed E-state index contributed by atoms with van der Waals surface area (Å²) in [5.41, 5.74) is 0. The van der Waals surface area contributed by atoms with E-state index < -0.39 is 0 Å². The van der Waals surface area contributed by atoms with Crippen molar-refractivity contribution in [1.82, 2.24) is 0 Å². The minimum absolute atomic E-state index is 0. The molecule has 0 fully saturated rings. The molecule has 0 aromatic heterocycles. The number of rotatable bonds is 12. The van der Waals surface area contributed by atoms with Crippen LogP contribution >= 0.6 is 0 Å². The monoisotopic (exact) mass is 304 g/mol. The van der Waals surface area contributed by atoms with Crippen molar-refractivity contribution in [3.63, 3.8) is 0 Å². The van der Waals surface area contributed by atoms with E-state index in [1.165, 1.54) is 51.4 Å². The third kappa shape index (κ3) is 32.3. The molecule has 19 heavy (non-hydrogen) atoms. The van der Waals surface area contributed by atoms with Gasteiger partial charge in [-0.1, -0.05) is 79.1 Å². The summed E-state index contributed by atoms with van der Waals surface area (Å²) in [5, 5.41) is 8.70. The molecule has 0 saturated heterocycles. The third-order valence-corrected chi connectivity index (χ3v) is 2.68. The van der Waals surface area contributed by atoms with Crippen molar-refractivity contribution in [1.29, 1.82) is 0 Å². The van der Waals surface area contributed by atoms with Crippen LogP contribution in [0, 0.1) is 0 Å². The molecule has 0 aliphatic carbocycles. The topological polar surface area (TPSA) is 28.2 Å². The second-order valence-corrected chi connectivity index (χ2v) is 4.76. The van der Waals surface area contributed by atoms with Gasteiger partial charge >= 0.3 is 21.7 Å². The summed E-state index contributed by atoms with van der Waals surface area (Å²) in [5.74, 6) is 0. The molecule has 3 heteroatoms. The molecule has 0 saturated carbocycles. The molecule has 0 aromatic carbocycles. The van der Waals surface area contributed by atoms with E-state index >= 15 is 0 Å². The Morgan fingerprint density at radius 2 is 0.684 bits per heavy atom. The number of unbranched alkanes of at least 4 members (excludes halogenated alkanes) is 4. The van der Waals surface area contributed by atoms with Crippen LogP contribution in [-0.4, -0.2) is 26.2 Å². The van der Waals surface area contributed by atoms with E-state index in [1.807, 2.05) is 0 Å². The Hall–Kier alpha value is 0.634. The first kappa shape index (κ1) is 24.6. The first-order valence-electron chi connectivity index (χ1n) is 8.09. The van der Waals surface area contributed by atoms with Crippen LogP contribution in [0.4, 0.5) is 0 Å². The van der Waals surface area contributed by atoms with Gasteiger partial charge in [-0.2, -0.15) is 0 Å². The van der Waals surface area contributed by atoms with Gasteiger partial charge in [0.25, 0.3) is 0 Å². The molecule has 0 atom stereocenters. The summed E-state index contributed by atoms with van der Waals surface area (Å²) in [4.78, 5) is 0. The van der Waals surface area contributed by atoms with Gasteiger partial charge in [-0.3, -0.25) is 0 Å². The number of nitrogens with zero attached hydrogens (tertiary/aromatic N) is 2. The molecule has 0 aliphatic heterocycles. The van der Waals surface area contributed by atoms with Crippen molar-refractivity contribution in [2.24, 2.45) is 0 Å². The number of hydrogen-bond donors (Lipinski definition) is 0. The van der Waals surface area contributed by atoms with Crippen LogP contribution in [-0.2, 0) is 21.7 Å². The minimum Gasteiger partial charge on any atom is -0.662 e. The average Bonchev–Trinajstić information content (AvgIpc) is 2.39. The van der Waals surface area contributed by atoms with Crippen LogP contribution in [0.1, 0.15) is 79.1 Å². The first-order valence-corrected chi connectivity index (χ1v) is 8.09. The Labute approximate surface area is 137 Å². The summed E-state index contributed by atoms with van der Waals surface area (Å²) in [7, 11) is 0. The molecular formula is C16H36N2Ti. The zero-order valence-corrected chi connectivity index (χ0v) is 15.4. The molecule has 0 spiro atoms. The van der Waals surface area contributed by atoms with E-state index in [-0.39, 0.29) is 21.7 Å². The fourth-order valence-electron chi connectivity index (χ4n) is 1.30. The van der Waals surface area contributed by atoms with E-state index in [4.69, 9.17) is 0 Å². The van der Waals surface area contributed by atoms with Gasteiger partial charge in [-0.05, 0) is 0 Å². The summed E-state index contributed by atoms with van der Waals surface area (Å²) < 4.78 is 0. The molecule has 114 valence electrons. The molecule has 0 aliphatic rings. The predicted octanol–water partition coefficient (Wildman–Crippen LogP) is 5.92. The van der Waals surface area contributed by atoms with Gasteiger partial charge < -0.3 is 10.6 Å². The number of hydrogen-bond acceptors (Lipinski definition) is 0. The van der Waals surface area contributed by atoms with Crippen LogP contribution in [0.25, 0.3) is 10.6 Å². The van der Waals surface area contributed by atoms with Crippen molar-refractivity contribution in [2.45, 2.75) is 79.1 Å². The van der Waals surface area contributed by atoms with E-state index in [2.05, 4.69) is 38.3 Å². The van der Waals surface area contributed by atoms with Gasteiger partial charge in [0.1, 0.15) is 0 Å². The first-order chi connectivity index (χ1) is 8.83. The van der Waals surface area contributed by atoms with Gasteiger partial charge in [0.05, 0.1) is 0 Å². The van der Waals surface area contributed by atoms with Crippen molar-refractivity contribution >= 4 is 0 Å². The predicted molar refractivity (Wildman–Crippen MR) is 85.8 cm³/mol. The van der Waals surface area contributed by atoms with E-state index in [9.17, 15) is 0 Å². The SMILES string of the molecule is CCCC[N-]CCCC.CCCC[N-]CCCC.[Ti+2]. The summed E-state index contributed by atoms with van der Waals surface area (Å²) in [6.45, 7) is 13.1. The van der Waals surface area contributed by atoms with Crippen LogP contribution in [0.15, 0.2) is 0 Å². The molecular weight excluding hydrogens is 268 g/mol. The Kier molecular flexibility index (Phi) is 35.1. The maximum absolute atomic E-state index is 4.35. The molecule has 2 nitrogen and oxygen atoms in total. The van der Waals surface area contributed by atoms with E-state index in [0.29, 0.717) is 0 Å². The van der Waals surface area contributed by atoms with E-state index in [1.54, 1.807) is 0 Å². The molecule has 0 aromatic rings. The minimum atomic E-state index is 0. The maximum Gasteiger partial charge on any atom is 2.00 e. The van der Waals surface area contributed by atoms with Crippen LogP contribution in [0.2, 0.25) is 0 Å².